The summed E-state index contributed by atoms with van der Waals surface area (Å²) in [6.07, 6.45) is 5.87. The van der Waals surface area contributed by atoms with E-state index in [2.05, 4.69) is 49.7 Å². The quantitative estimate of drug-likeness (QED) is 0.472. The first-order valence-corrected chi connectivity index (χ1v) is 11.9. The Balaban J connectivity index is 1.48. The van der Waals surface area contributed by atoms with Crippen LogP contribution in [0.3, 0.4) is 0 Å². The normalized spacial score (nSPS) is 20.5. The highest BCUT2D eigenvalue weighted by atomic mass is 16.5. The Morgan fingerprint density at radius 3 is 2.54 bits per heavy atom. The maximum Gasteiger partial charge on any atom is 0.234 e. The molecule has 9 nitrogen and oxygen atoms in total. The predicted octanol–water partition coefficient (Wildman–Crippen LogP) is 3.92. The summed E-state index contributed by atoms with van der Waals surface area (Å²) in [5.74, 6) is 1.49. The lowest BCUT2D eigenvalue weighted by atomic mass is 9.69. The third-order valence-electron chi connectivity index (χ3n) is 7.21. The third-order valence-corrected chi connectivity index (χ3v) is 7.21. The molecule has 1 fully saturated rings. The van der Waals surface area contributed by atoms with Gasteiger partial charge in [0.25, 0.3) is 0 Å². The summed E-state index contributed by atoms with van der Waals surface area (Å²) >= 11 is 0. The third kappa shape index (κ3) is 3.33. The molecule has 0 unspecified atom stereocenters. The number of nitrogens with one attached hydrogen (secondary N) is 1. The average Bonchev–Trinajstić information content (AvgIpc) is 3.33. The Kier molecular flexibility index (Phi) is 4.76. The zero-order valence-corrected chi connectivity index (χ0v) is 20.3. The van der Waals surface area contributed by atoms with Crippen molar-refractivity contribution in [2.24, 2.45) is 5.41 Å². The van der Waals surface area contributed by atoms with E-state index < -0.39 is 5.41 Å². The van der Waals surface area contributed by atoms with Crippen molar-refractivity contribution in [3.05, 3.63) is 48.3 Å². The molecule has 35 heavy (non-hydrogen) atoms. The lowest BCUT2D eigenvalue weighted by molar-refractivity contribution is -0.133. The van der Waals surface area contributed by atoms with Crippen molar-refractivity contribution in [2.75, 3.05) is 18.5 Å². The van der Waals surface area contributed by atoms with Crippen molar-refractivity contribution in [1.82, 2.24) is 29.5 Å². The lowest BCUT2D eigenvalue weighted by Gasteiger charge is -2.42. The number of benzene rings is 1. The smallest absolute Gasteiger partial charge is 0.234 e. The molecule has 1 amide bonds. The van der Waals surface area contributed by atoms with Crippen LogP contribution in [0, 0.1) is 12.3 Å². The van der Waals surface area contributed by atoms with Gasteiger partial charge in [-0.3, -0.25) is 4.79 Å². The zero-order valence-electron chi connectivity index (χ0n) is 20.3. The maximum atomic E-state index is 13.1. The van der Waals surface area contributed by atoms with Crippen LogP contribution in [0.15, 0.2) is 36.9 Å². The molecule has 1 atom stereocenters. The molecule has 0 aliphatic carbocycles. The van der Waals surface area contributed by atoms with Gasteiger partial charge in [-0.15, -0.1) is 0 Å². The molecule has 1 saturated heterocycles. The molecule has 1 aromatic carbocycles. The van der Waals surface area contributed by atoms with Crippen molar-refractivity contribution in [2.45, 2.75) is 46.1 Å². The predicted molar refractivity (Wildman–Crippen MR) is 132 cm³/mol. The molecular weight excluding hydrogens is 442 g/mol. The number of nitrogens with zero attached hydrogens (tertiary/aromatic N) is 6. The fraction of sp³-hybridized carbons (Fsp3) is 0.385. The molecule has 4 aromatic rings. The van der Waals surface area contributed by atoms with E-state index in [1.165, 1.54) is 0 Å². The molecule has 2 aliphatic heterocycles. The maximum absolute atomic E-state index is 13.1. The minimum Gasteiger partial charge on any atom is -0.380 e. The average molecular weight is 470 g/mol. The van der Waals surface area contributed by atoms with Gasteiger partial charge in [-0.2, -0.15) is 0 Å². The van der Waals surface area contributed by atoms with Gasteiger partial charge < -0.3 is 14.6 Å². The number of hydrogen-bond donors (Lipinski definition) is 1. The molecule has 3 aromatic heterocycles. The summed E-state index contributed by atoms with van der Waals surface area (Å²) in [4.78, 5) is 35.9. The Morgan fingerprint density at radius 1 is 1.09 bits per heavy atom. The van der Waals surface area contributed by atoms with Crippen LogP contribution >= 0.6 is 0 Å². The van der Waals surface area contributed by atoms with E-state index >= 15 is 0 Å². The summed E-state index contributed by atoms with van der Waals surface area (Å²) < 4.78 is 7.51. The highest BCUT2D eigenvalue weighted by Crippen LogP contribution is 2.48. The number of hydrogen-bond acceptors (Lipinski definition) is 7. The van der Waals surface area contributed by atoms with Crippen LogP contribution < -0.4 is 5.32 Å². The molecule has 0 saturated carbocycles. The minimum absolute atomic E-state index is 0.00317. The van der Waals surface area contributed by atoms with Crippen molar-refractivity contribution in [3.63, 3.8) is 0 Å². The Bertz CT molecular complexity index is 1470. The first-order valence-electron chi connectivity index (χ1n) is 11.9. The highest BCUT2D eigenvalue weighted by molar-refractivity contribution is 6.06. The SMILES string of the molecule is CCn1c(-c2cnc(C)nc2)nc2c(-c3ccc4c(c3)[C@](C)(CC3(C)COC3)C(=O)N4)ncnc21. The topological polar surface area (TPSA) is 108 Å². The second kappa shape index (κ2) is 7.64. The number of aryl methyl sites for hydroxylation is 2. The van der Waals surface area contributed by atoms with Crippen molar-refractivity contribution in [3.8, 4) is 22.6 Å². The number of carbonyl (C=O) groups excluding carboxylic acids is 1. The van der Waals surface area contributed by atoms with Gasteiger partial charge in [0.1, 0.15) is 29.2 Å². The summed E-state index contributed by atoms with van der Waals surface area (Å²) in [5, 5.41) is 3.08. The zero-order chi connectivity index (χ0) is 24.4. The first kappa shape index (κ1) is 21.8. The van der Waals surface area contributed by atoms with Gasteiger partial charge in [-0.25, -0.2) is 24.9 Å². The van der Waals surface area contributed by atoms with E-state index in [4.69, 9.17) is 9.72 Å². The number of rotatable bonds is 5. The molecule has 0 radical (unpaired) electrons. The van der Waals surface area contributed by atoms with Gasteiger partial charge in [0.15, 0.2) is 5.65 Å². The summed E-state index contributed by atoms with van der Waals surface area (Å²) in [6, 6.07) is 6.03. The second-order valence-corrected chi connectivity index (χ2v) is 10.1. The van der Waals surface area contributed by atoms with E-state index in [-0.39, 0.29) is 11.3 Å². The van der Waals surface area contributed by atoms with Gasteiger partial charge >= 0.3 is 0 Å². The second-order valence-electron chi connectivity index (χ2n) is 10.1. The standard InChI is InChI=1S/C26H27N7O2/c1-5-33-22(17-9-27-15(2)28-10-17)32-21-20(29-14-30-23(21)33)16-6-7-19-18(8-16)26(4,24(34)31-19)11-25(3)12-35-13-25/h6-10,14H,5,11-13H2,1-4H3,(H,31,34)/t26-/m0/s1. The van der Waals surface area contributed by atoms with Gasteiger partial charge in [0, 0.05) is 35.6 Å². The summed E-state index contributed by atoms with van der Waals surface area (Å²) in [5.41, 5.74) is 5.14. The van der Waals surface area contributed by atoms with Crippen LogP contribution in [0.4, 0.5) is 5.69 Å². The number of anilines is 1. The van der Waals surface area contributed by atoms with E-state index in [0.717, 1.165) is 46.0 Å². The number of carbonyl (C=O) groups is 1. The van der Waals surface area contributed by atoms with Crippen LogP contribution in [0.1, 0.15) is 38.6 Å². The number of imidazole rings is 1. The van der Waals surface area contributed by atoms with Crippen molar-refractivity contribution < 1.29 is 9.53 Å². The lowest BCUT2D eigenvalue weighted by Crippen LogP contribution is -2.47. The molecule has 0 bridgehead atoms. The molecule has 6 rings (SSSR count). The van der Waals surface area contributed by atoms with Crippen LogP contribution in [-0.4, -0.2) is 48.6 Å². The number of fused-ring (bicyclic) bond motifs is 2. The van der Waals surface area contributed by atoms with E-state index in [1.807, 2.05) is 26.0 Å². The first-order chi connectivity index (χ1) is 16.8. The van der Waals surface area contributed by atoms with E-state index in [9.17, 15) is 4.79 Å². The fourth-order valence-electron chi connectivity index (χ4n) is 5.40. The van der Waals surface area contributed by atoms with Crippen molar-refractivity contribution in [1.29, 1.82) is 0 Å². The summed E-state index contributed by atoms with van der Waals surface area (Å²) in [6.45, 7) is 10.2. The highest BCUT2D eigenvalue weighted by Gasteiger charge is 2.49. The van der Waals surface area contributed by atoms with Crippen LogP contribution in [0.2, 0.25) is 0 Å². The summed E-state index contributed by atoms with van der Waals surface area (Å²) in [7, 11) is 0. The number of ether oxygens (including phenoxy) is 1. The molecule has 9 heteroatoms. The molecule has 1 N–H and O–H groups in total. The largest absolute Gasteiger partial charge is 0.380 e. The monoisotopic (exact) mass is 469 g/mol. The van der Waals surface area contributed by atoms with Gasteiger partial charge in [0.05, 0.1) is 24.2 Å². The van der Waals surface area contributed by atoms with Gasteiger partial charge in [-0.1, -0.05) is 13.0 Å². The van der Waals surface area contributed by atoms with Gasteiger partial charge in [-0.05, 0) is 44.9 Å². The van der Waals surface area contributed by atoms with E-state index in [1.54, 1.807) is 18.7 Å². The molecular formula is C26H27N7O2. The van der Waals surface area contributed by atoms with Crippen molar-refractivity contribution >= 4 is 22.8 Å². The number of amides is 1. The van der Waals surface area contributed by atoms with Crippen LogP contribution in [0.25, 0.3) is 33.8 Å². The van der Waals surface area contributed by atoms with Crippen LogP contribution in [0.5, 0.6) is 0 Å². The van der Waals surface area contributed by atoms with Gasteiger partial charge in [0.2, 0.25) is 5.91 Å². The minimum atomic E-state index is -0.636. The Hall–Kier alpha value is -3.72. The molecule has 2 aliphatic rings. The Labute approximate surface area is 203 Å². The fourth-order valence-corrected chi connectivity index (χ4v) is 5.40. The molecule has 0 spiro atoms. The number of aromatic nitrogens is 6. The Morgan fingerprint density at radius 2 is 1.86 bits per heavy atom. The van der Waals surface area contributed by atoms with Crippen LogP contribution in [-0.2, 0) is 21.5 Å². The molecule has 5 heterocycles. The van der Waals surface area contributed by atoms with E-state index in [0.29, 0.717) is 31.1 Å². The molecule has 178 valence electrons.